The van der Waals surface area contributed by atoms with E-state index in [-0.39, 0.29) is 0 Å². The van der Waals surface area contributed by atoms with Crippen LogP contribution in [0.25, 0.3) is 0 Å². The highest BCUT2D eigenvalue weighted by Crippen LogP contribution is 2.22. The van der Waals surface area contributed by atoms with Crippen LogP contribution in [0.3, 0.4) is 0 Å². The summed E-state index contributed by atoms with van der Waals surface area (Å²) in [6, 6.07) is 0.575. The van der Waals surface area contributed by atoms with Crippen molar-refractivity contribution in [2.24, 2.45) is 0 Å². The van der Waals surface area contributed by atoms with Gasteiger partial charge in [-0.3, -0.25) is 0 Å². The van der Waals surface area contributed by atoms with Crippen LogP contribution >= 0.6 is 0 Å². The minimum absolute atomic E-state index is 0.473. The van der Waals surface area contributed by atoms with Crippen LogP contribution in [0.2, 0.25) is 0 Å². The molecular formula is C9H18FNO. The zero-order chi connectivity index (χ0) is 8.97. The molecule has 0 heterocycles. The quantitative estimate of drug-likeness (QED) is 0.693. The monoisotopic (exact) mass is 175 g/mol. The van der Waals surface area contributed by atoms with Crippen molar-refractivity contribution in [1.82, 2.24) is 4.90 Å². The van der Waals surface area contributed by atoms with Crippen molar-refractivity contribution in [2.75, 3.05) is 20.3 Å². The Labute approximate surface area is 73.4 Å². The van der Waals surface area contributed by atoms with Gasteiger partial charge < -0.3 is 10.0 Å². The van der Waals surface area contributed by atoms with Gasteiger partial charge in [0.25, 0.3) is 0 Å². The molecule has 12 heavy (non-hydrogen) atoms. The summed E-state index contributed by atoms with van der Waals surface area (Å²) >= 11 is 0. The normalized spacial score (nSPS) is 22.0. The van der Waals surface area contributed by atoms with E-state index >= 15 is 0 Å². The van der Waals surface area contributed by atoms with E-state index in [9.17, 15) is 4.39 Å². The van der Waals surface area contributed by atoms with E-state index in [4.69, 9.17) is 5.11 Å². The number of halogens is 1. The van der Waals surface area contributed by atoms with Crippen molar-refractivity contribution >= 4 is 0 Å². The van der Waals surface area contributed by atoms with Gasteiger partial charge in [-0.05, 0) is 19.9 Å². The molecule has 1 unspecified atom stereocenters. The predicted molar refractivity (Wildman–Crippen MR) is 46.9 cm³/mol. The summed E-state index contributed by atoms with van der Waals surface area (Å²) in [6.45, 7) is -0.155. The fourth-order valence-corrected chi connectivity index (χ4v) is 1.88. The molecular weight excluding hydrogens is 157 g/mol. The molecule has 0 amide bonds. The third kappa shape index (κ3) is 2.72. The Kier molecular flexibility index (Phi) is 3.95. The fourth-order valence-electron chi connectivity index (χ4n) is 1.88. The topological polar surface area (TPSA) is 23.5 Å². The highest BCUT2D eigenvalue weighted by molar-refractivity contribution is 4.76. The van der Waals surface area contributed by atoms with Crippen LogP contribution in [0.5, 0.6) is 0 Å². The van der Waals surface area contributed by atoms with Crippen LogP contribution in [-0.2, 0) is 0 Å². The number of hydrogen-bond donors (Lipinski definition) is 1. The molecule has 0 aromatic heterocycles. The molecule has 0 radical (unpaired) electrons. The molecule has 72 valence electrons. The lowest BCUT2D eigenvalue weighted by atomic mass is 10.2. The molecule has 0 aromatic carbocycles. The Morgan fingerprint density at radius 2 is 2.08 bits per heavy atom. The van der Waals surface area contributed by atoms with Gasteiger partial charge in [-0.15, -0.1) is 0 Å². The molecule has 1 N–H and O–H groups in total. The molecule has 1 saturated carbocycles. The number of nitrogens with zero attached hydrogens (tertiary/aromatic N) is 1. The van der Waals surface area contributed by atoms with E-state index in [1.165, 1.54) is 25.7 Å². The highest BCUT2D eigenvalue weighted by Gasteiger charge is 2.20. The Balaban J connectivity index is 2.21. The molecule has 0 saturated heterocycles. The van der Waals surface area contributed by atoms with Crippen molar-refractivity contribution in [3.05, 3.63) is 0 Å². The van der Waals surface area contributed by atoms with Crippen LogP contribution in [0.1, 0.15) is 25.7 Å². The molecule has 1 aliphatic rings. The highest BCUT2D eigenvalue weighted by atomic mass is 19.1. The van der Waals surface area contributed by atoms with Crippen molar-refractivity contribution in [3.8, 4) is 0 Å². The lowest BCUT2D eigenvalue weighted by molar-refractivity contribution is 0.0840. The number of rotatable bonds is 4. The molecule has 1 fully saturated rings. The van der Waals surface area contributed by atoms with Gasteiger partial charge in [0.05, 0.1) is 6.10 Å². The minimum atomic E-state index is -0.796. The van der Waals surface area contributed by atoms with E-state index in [0.29, 0.717) is 12.6 Å². The van der Waals surface area contributed by atoms with Gasteiger partial charge in [0.1, 0.15) is 6.67 Å². The maximum Gasteiger partial charge on any atom is 0.117 e. The molecule has 2 nitrogen and oxygen atoms in total. The second-order valence-electron chi connectivity index (χ2n) is 3.69. The Bertz CT molecular complexity index is 126. The molecule has 0 aliphatic heterocycles. The molecule has 0 spiro atoms. The second kappa shape index (κ2) is 4.77. The SMILES string of the molecule is CN(CC(O)CF)C1CCCC1. The first-order valence-corrected chi connectivity index (χ1v) is 4.68. The third-order valence-corrected chi connectivity index (χ3v) is 2.62. The maximum atomic E-state index is 12.0. The van der Waals surface area contributed by atoms with Crippen molar-refractivity contribution in [1.29, 1.82) is 0 Å². The first kappa shape index (κ1) is 9.93. The number of aliphatic hydroxyl groups is 1. The van der Waals surface area contributed by atoms with Gasteiger partial charge in [0.15, 0.2) is 0 Å². The van der Waals surface area contributed by atoms with Gasteiger partial charge in [-0.1, -0.05) is 12.8 Å². The summed E-state index contributed by atoms with van der Waals surface area (Å²) in [7, 11) is 1.97. The van der Waals surface area contributed by atoms with Gasteiger partial charge in [0, 0.05) is 12.6 Å². The lowest BCUT2D eigenvalue weighted by Crippen LogP contribution is -2.36. The number of aliphatic hydroxyl groups excluding tert-OH is 1. The smallest absolute Gasteiger partial charge is 0.117 e. The molecule has 0 aromatic rings. The van der Waals surface area contributed by atoms with E-state index < -0.39 is 12.8 Å². The summed E-state index contributed by atoms with van der Waals surface area (Å²) < 4.78 is 12.0. The average molecular weight is 175 g/mol. The zero-order valence-electron chi connectivity index (χ0n) is 7.67. The first-order chi connectivity index (χ1) is 5.74. The fraction of sp³-hybridized carbons (Fsp3) is 1.00. The van der Waals surface area contributed by atoms with Gasteiger partial charge >= 0.3 is 0 Å². The summed E-state index contributed by atoms with van der Waals surface area (Å²) in [5.74, 6) is 0. The zero-order valence-corrected chi connectivity index (χ0v) is 7.67. The van der Waals surface area contributed by atoms with Crippen LogP contribution in [0.4, 0.5) is 4.39 Å². The van der Waals surface area contributed by atoms with Crippen molar-refractivity contribution in [2.45, 2.75) is 37.8 Å². The summed E-state index contributed by atoms with van der Waals surface area (Å²) in [4.78, 5) is 2.08. The van der Waals surface area contributed by atoms with E-state index in [2.05, 4.69) is 4.90 Å². The predicted octanol–water partition coefficient (Wildman–Crippen LogP) is 1.19. The van der Waals surface area contributed by atoms with Crippen molar-refractivity contribution < 1.29 is 9.50 Å². The molecule has 3 heteroatoms. The summed E-state index contributed by atoms with van der Waals surface area (Å²) in [6.07, 6.45) is 4.17. The second-order valence-corrected chi connectivity index (χ2v) is 3.69. The molecule has 1 rings (SSSR count). The van der Waals surface area contributed by atoms with Crippen LogP contribution in [0, 0.1) is 0 Å². The Hall–Kier alpha value is -0.150. The molecule has 0 bridgehead atoms. The van der Waals surface area contributed by atoms with E-state index in [0.717, 1.165) is 0 Å². The van der Waals surface area contributed by atoms with Crippen LogP contribution < -0.4 is 0 Å². The minimum Gasteiger partial charge on any atom is -0.389 e. The van der Waals surface area contributed by atoms with E-state index in [1.54, 1.807) is 0 Å². The Morgan fingerprint density at radius 1 is 1.50 bits per heavy atom. The summed E-state index contributed by atoms with van der Waals surface area (Å²) in [5.41, 5.74) is 0. The number of alkyl halides is 1. The number of likely N-dealkylation sites (N-methyl/N-ethyl adjacent to an activating group) is 1. The van der Waals surface area contributed by atoms with E-state index in [1.807, 2.05) is 7.05 Å². The third-order valence-electron chi connectivity index (χ3n) is 2.62. The lowest BCUT2D eigenvalue weighted by Gasteiger charge is -2.25. The van der Waals surface area contributed by atoms with Crippen LogP contribution in [-0.4, -0.2) is 42.4 Å². The Morgan fingerprint density at radius 3 is 2.58 bits per heavy atom. The standard InChI is InChI=1S/C9H18FNO/c1-11(7-9(12)6-10)8-4-2-3-5-8/h8-9,12H,2-7H2,1H3. The van der Waals surface area contributed by atoms with Gasteiger partial charge in [-0.25, -0.2) is 4.39 Å². The largest absolute Gasteiger partial charge is 0.389 e. The molecule has 1 atom stereocenters. The van der Waals surface area contributed by atoms with Crippen LogP contribution in [0.15, 0.2) is 0 Å². The van der Waals surface area contributed by atoms with Crippen molar-refractivity contribution in [3.63, 3.8) is 0 Å². The average Bonchev–Trinajstić information content (AvgIpc) is 2.56. The maximum absolute atomic E-state index is 12.0. The first-order valence-electron chi connectivity index (χ1n) is 4.68. The summed E-state index contributed by atoms with van der Waals surface area (Å²) in [5, 5.41) is 9.07. The van der Waals surface area contributed by atoms with Gasteiger partial charge in [0.2, 0.25) is 0 Å². The molecule has 1 aliphatic carbocycles. The van der Waals surface area contributed by atoms with Gasteiger partial charge in [-0.2, -0.15) is 0 Å². The number of hydrogen-bond acceptors (Lipinski definition) is 2.